The van der Waals surface area contributed by atoms with E-state index in [4.69, 9.17) is 32.9 Å². The molecule has 44 heavy (non-hydrogen) atoms. The summed E-state index contributed by atoms with van der Waals surface area (Å²) in [7, 11) is 1.36. The van der Waals surface area contributed by atoms with Gasteiger partial charge in [0.05, 0.1) is 23.7 Å². The van der Waals surface area contributed by atoms with Crippen molar-refractivity contribution in [2.24, 2.45) is 5.92 Å². The molecule has 2 aromatic carbocycles. The second-order valence-corrected chi connectivity index (χ2v) is 13.1. The Kier molecular flexibility index (Phi) is 7.18. The molecule has 4 aromatic rings. The van der Waals surface area contributed by atoms with E-state index < -0.39 is 23.2 Å². The van der Waals surface area contributed by atoms with E-state index in [9.17, 15) is 9.59 Å². The van der Waals surface area contributed by atoms with Gasteiger partial charge in [-0.15, -0.1) is 0 Å². The molecule has 2 fully saturated rings. The lowest BCUT2D eigenvalue weighted by Gasteiger charge is -2.40. The predicted octanol–water partition coefficient (Wildman–Crippen LogP) is 6.73. The lowest BCUT2D eigenvalue weighted by atomic mass is 9.73. The first-order chi connectivity index (χ1) is 21.1. The van der Waals surface area contributed by atoms with E-state index >= 15 is 4.39 Å². The van der Waals surface area contributed by atoms with Gasteiger partial charge in [-0.2, -0.15) is 0 Å². The van der Waals surface area contributed by atoms with Gasteiger partial charge in [0.1, 0.15) is 11.4 Å². The molecule has 2 aliphatic heterocycles. The fraction of sp³-hybridized carbons (Fsp3) is 0.394. The van der Waals surface area contributed by atoms with E-state index in [1.165, 1.54) is 13.3 Å². The zero-order valence-corrected chi connectivity index (χ0v) is 26.1. The minimum absolute atomic E-state index is 0.0910. The van der Waals surface area contributed by atoms with Crippen molar-refractivity contribution in [2.45, 2.75) is 63.1 Å². The Morgan fingerprint density at radius 2 is 1.95 bits per heavy atom. The molecule has 7 rings (SSSR count). The van der Waals surface area contributed by atoms with Crippen LogP contribution in [0.15, 0.2) is 48.7 Å². The number of amides is 1. The van der Waals surface area contributed by atoms with Crippen molar-refractivity contribution in [3.63, 3.8) is 0 Å². The quantitative estimate of drug-likeness (QED) is 0.187. The number of methoxy groups -OCH3 is 1. The Bertz CT molecular complexity index is 1820. The molecule has 1 aliphatic carbocycles. The Labute approximate surface area is 264 Å². The first kappa shape index (κ1) is 29.2. The molecule has 0 bridgehead atoms. The van der Waals surface area contributed by atoms with Gasteiger partial charge in [0.25, 0.3) is 0 Å². The van der Waals surface area contributed by atoms with Gasteiger partial charge in [0.2, 0.25) is 5.91 Å². The molecule has 2 aromatic heterocycles. The summed E-state index contributed by atoms with van der Waals surface area (Å²) in [6.45, 7) is 5.16. The number of benzene rings is 2. The maximum atomic E-state index is 16.1. The highest BCUT2D eigenvalue weighted by atomic mass is 35.5. The normalized spacial score (nSPS) is 24.6. The van der Waals surface area contributed by atoms with Crippen molar-refractivity contribution in [2.75, 3.05) is 19.0 Å². The molecule has 1 saturated heterocycles. The molecule has 3 aliphatic rings. The van der Waals surface area contributed by atoms with Crippen molar-refractivity contribution >= 4 is 51.8 Å². The van der Waals surface area contributed by atoms with Crippen LogP contribution in [-0.2, 0) is 16.1 Å². The number of esters is 1. The number of pyridine rings is 1. The number of aromatic nitrogens is 3. The number of likely N-dealkylation sites (tertiary alicyclic amines) is 1. The van der Waals surface area contributed by atoms with Crippen molar-refractivity contribution in [3.8, 4) is 0 Å². The van der Waals surface area contributed by atoms with Crippen molar-refractivity contribution in [1.29, 1.82) is 0 Å². The number of nitrogens with zero attached hydrogens (tertiary/aromatic N) is 4. The van der Waals surface area contributed by atoms with Crippen LogP contribution in [0, 0.1) is 18.7 Å². The Morgan fingerprint density at radius 1 is 1.16 bits per heavy atom. The number of halogens is 3. The molecule has 4 atom stereocenters. The molecule has 11 heteroatoms. The second-order valence-electron chi connectivity index (χ2n) is 12.3. The average molecular weight is 637 g/mol. The lowest BCUT2D eigenvalue weighted by Crippen LogP contribution is -2.56. The average Bonchev–Trinajstić information content (AvgIpc) is 3.69. The number of carbonyl (C=O) groups excluding carboxylic acids is 2. The van der Waals surface area contributed by atoms with Gasteiger partial charge < -0.3 is 14.6 Å². The van der Waals surface area contributed by atoms with Crippen molar-refractivity contribution < 1.29 is 18.7 Å². The highest BCUT2D eigenvalue weighted by Crippen LogP contribution is 2.58. The van der Waals surface area contributed by atoms with Crippen molar-refractivity contribution in [3.05, 3.63) is 87.2 Å². The van der Waals surface area contributed by atoms with Gasteiger partial charge >= 0.3 is 5.97 Å². The SMILES string of the molecule is COC(=O)c1ccc2c(nc3n2CC[C@H]2[C@@H]3[C@H](c3ccnc(Cl)c3F)[C@](C)(C(=O)Nc3cccc(Cl)c3)N2CC2CC2)c1C. The molecule has 0 unspecified atom stereocenters. The molecule has 0 spiro atoms. The number of nitrogens with one attached hydrogen (secondary N) is 1. The molecule has 1 amide bonds. The van der Waals surface area contributed by atoms with E-state index in [0.29, 0.717) is 46.4 Å². The smallest absolute Gasteiger partial charge is 0.338 e. The second kappa shape index (κ2) is 10.8. The number of fused-ring (bicyclic) bond motifs is 5. The summed E-state index contributed by atoms with van der Waals surface area (Å²) in [6.07, 6.45) is 4.42. The molecular weight excluding hydrogens is 604 g/mol. The summed E-state index contributed by atoms with van der Waals surface area (Å²) in [5, 5.41) is 3.37. The van der Waals surface area contributed by atoms with Crippen LogP contribution in [0.4, 0.5) is 10.1 Å². The highest BCUT2D eigenvalue weighted by molar-refractivity contribution is 6.31. The molecule has 228 valence electrons. The van der Waals surface area contributed by atoms with E-state index in [2.05, 4.69) is 19.8 Å². The summed E-state index contributed by atoms with van der Waals surface area (Å²) in [6, 6.07) is 12.2. The molecule has 8 nitrogen and oxygen atoms in total. The first-order valence-corrected chi connectivity index (χ1v) is 15.6. The molecule has 4 heterocycles. The zero-order chi connectivity index (χ0) is 30.9. The van der Waals surface area contributed by atoms with Gasteiger partial charge in [-0.25, -0.2) is 19.2 Å². The first-order valence-electron chi connectivity index (χ1n) is 14.8. The van der Waals surface area contributed by atoms with Gasteiger partial charge in [-0.1, -0.05) is 29.3 Å². The summed E-state index contributed by atoms with van der Waals surface area (Å²) in [5.74, 6) is -1.09. The summed E-state index contributed by atoms with van der Waals surface area (Å²) in [4.78, 5) is 38.6. The fourth-order valence-corrected chi connectivity index (χ4v) is 7.89. The van der Waals surface area contributed by atoms with E-state index in [1.807, 2.05) is 19.9 Å². The third-order valence-corrected chi connectivity index (χ3v) is 10.3. The minimum Gasteiger partial charge on any atom is -0.465 e. The summed E-state index contributed by atoms with van der Waals surface area (Å²) < 4.78 is 23.3. The monoisotopic (exact) mass is 635 g/mol. The van der Waals surface area contributed by atoms with Crippen LogP contribution in [0.2, 0.25) is 10.2 Å². The van der Waals surface area contributed by atoms with Crippen LogP contribution in [0.5, 0.6) is 0 Å². The van der Waals surface area contributed by atoms with Gasteiger partial charge in [0.15, 0.2) is 11.0 Å². The summed E-state index contributed by atoms with van der Waals surface area (Å²) >= 11 is 12.5. The number of carbonyl (C=O) groups is 2. The summed E-state index contributed by atoms with van der Waals surface area (Å²) in [5.41, 5.74) is 2.47. The van der Waals surface area contributed by atoms with Gasteiger partial charge in [-0.05, 0) is 86.6 Å². The number of rotatable bonds is 6. The van der Waals surface area contributed by atoms with Crippen LogP contribution >= 0.6 is 23.2 Å². The Hall–Kier alpha value is -3.53. The predicted molar refractivity (Wildman–Crippen MR) is 167 cm³/mol. The van der Waals surface area contributed by atoms with Crippen LogP contribution in [-0.4, -0.2) is 56.5 Å². The lowest BCUT2D eigenvalue weighted by molar-refractivity contribution is -0.127. The number of aryl methyl sites for hydroxylation is 2. The van der Waals surface area contributed by atoms with Crippen LogP contribution in [0.25, 0.3) is 11.0 Å². The molecule has 0 radical (unpaired) electrons. The fourth-order valence-electron chi connectivity index (χ4n) is 7.54. The van der Waals surface area contributed by atoms with Gasteiger partial charge in [0, 0.05) is 47.9 Å². The highest BCUT2D eigenvalue weighted by Gasteiger charge is 2.63. The number of anilines is 1. The standard InChI is InChI=1S/C33H32Cl2FN5O3/c1-17-21(31(42)44-3)9-10-24-28(17)39-30-25-23(12-14-40(24)30)41(16-18-7-8-18)33(2,26(25)22-11-13-37-29(35)27(22)36)32(43)38-20-6-4-5-19(34)15-20/h4-6,9-11,13,15,18,23,25-26H,7-8,12,14,16H2,1-3H3,(H,38,43)/t23-,25+,26-,33+/m0/s1. The maximum Gasteiger partial charge on any atom is 0.338 e. The Morgan fingerprint density at radius 3 is 2.68 bits per heavy atom. The largest absolute Gasteiger partial charge is 0.465 e. The maximum absolute atomic E-state index is 16.1. The van der Waals surface area contributed by atoms with Crippen LogP contribution < -0.4 is 5.32 Å². The number of hydrogen-bond donors (Lipinski definition) is 1. The number of hydrogen-bond acceptors (Lipinski definition) is 6. The van der Waals surface area contributed by atoms with Gasteiger partial charge in [-0.3, -0.25) is 9.69 Å². The van der Waals surface area contributed by atoms with Crippen LogP contribution in [0.1, 0.15) is 65.3 Å². The van der Waals surface area contributed by atoms with Crippen LogP contribution in [0.3, 0.4) is 0 Å². The van der Waals surface area contributed by atoms with E-state index in [0.717, 1.165) is 36.2 Å². The third kappa shape index (κ3) is 4.51. The third-order valence-electron chi connectivity index (χ3n) is 9.84. The van der Waals surface area contributed by atoms with Crippen molar-refractivity contribution in [1.82, 2.24) is 19.4 Å². The minimum atomic E-state index is -1.18. The van der Waals surface area contributed by atoms with E-state index in [-0.39, 0.29) is 23.0 Å². The molecule has 1 N–H and O–H groups in total. The molecule has 1 saturated carbocycles. The Balaban J connectivity index is 1.44. The number of imidazole rings is 1. The van der Waals surface area contributed by atoms with E-state index in [1.54, 1.807) is 36.4 Å². The number of ether oxygens (including phenoxy) is 1. The zero-order valence-electron chi connectivity index (χ0n) is 24.6. The topological polar surface area (TPSA) is 89.3 Å². The molecular formula is C33H32Cl2FN5O3.